The van der Waals surface area contributed by atoms with Crippen molar-refractivity contribution in [2.75, 3.05) is 0 Å². The molecular formula is C7H6IN3O. The molecule has 12 heavy (non-hydrogen) atoms. The van der Waals surface area contributed by atoms with Gasteiger partial charge >= 0.3 is 5.69 Å². The number of rotatable bonds is 0. The summed E-state index contributed by atoms with van der Waals surface area (Å²) >= 11 is 1.94. The Kier molecular flexibility index (Phi) is 1.67. The first-order valence-electron chi connectivity index (χ1n) is 3.40. The van der Waals surface area contributed by atoms with E-state index in [0.29, 0.717) is 5.65 Å². The van der Waals surface area contributed by atoms with Crippen LogP contribution in [0.2, 0.25) is 0 Å². The Bertz CT molecular complexity index is 443. The van der Waals surface area contributed by atoms with Crippen LogP contribution in [0.4, 0.5) is 0 Å². The van der Waals surface area contributed by atoms with Crippen molar-refractivity contribution in [3.63, 3.8) is 0 Å². The molecule has 62 valence electrons. The van der Waals surface area contributed by atoms with Gasteiger partial charge in [0.25, 0.3) is 0 Å². The molecule has 0 saturated carbocycles. The number of aromatic nitrogens is 3. The molecule has 0 N–H and O–H groups in total. The molecule has 0 aliphatic carbocycles. The lowest BCUT2D eigenvalue weighted by Gasteiger charge is -1.89. The van der Waals surface area contributed by atoms with Crippen LogP contribution in [-0.2, 0) is 7.05 Å². The van der Waals surface area contributed by atoms with Gasteiger partial charge in [0.1, 0.15) is 0 Å². The minimum Gasteiger partial charge on any atom is -0.293 e. The molecule has 2 aromatic rings. The van der Waals surface area contributed by atoms with Crippen molar-refractivity contribution >= 4 is 34.0 Å². The van der Waals surface area contributed by atoms with Crippen molar-refractivity contribution in [1.29, 1.82) is 0 Å². The summed E-state index contributed by atoms with van der Waals surface area (Å²) in [6.07, 6.45) is 1.68. The molecular weight excluding hydrogens is 269 g/mol. The number of fused-ring (bicyclic) bond motifs is 1. The first kappa shape index (κ1) is 7.78. The van der Waals surface area contributed by atoms with Gasteiger partial charge in [0.2, 0.25) is 0 Å². The molecule has 2 heterocycles. The Hall–Kier alpha value is -0.850. The van der Waals surface area contributed by atoms with Crippen molar-refractivity contribution in [3.8, 4) is 0 Å². The predicted molar refractivity (Wildman–Crippen MR) is 54.4 cm³/mol. The van der Waals surface area contributed by atoms with Crippen LogP contribution in [0.15, 0.2) is 23.1 Å². The molecule has 0 aliphatic heterocycles. The fourth-order valence-electron chi connectivity index (χ4n) is 1.13. The molecule has 0 bridgehead atoms. The largest absolute Gasteiger partial charge is 0.339 e. The number of nitrogens with zero attached hydrogens (tertiary/aromatic N) is 3. The lowest BCUT2D eigenvalue weighted by molar-refractivity contribution is 0.886. The molecule has 0 aliphatic rings. The van der Waals surface area contributed by atoms with E-state index in [1.165, 1.54) is 2.78 Å². The first-order valence-corrected chi connectivity index (χ1v) is 4.37. The van der Waals surface area contributed by atoms with E-state index in [2.05, 4.69) is 4.98 Å². The van der Waals surface area contributed by atoms with Gasteiger partial charge in [0, 0.05) is 13.2 Å². The molecule has 0 amide bonds. The third-order valence-electron chi connectivity index (χ3n) is 1.77. The van der Waals surface area contributed by atoms with Crippen molar-refractivity contribution in [1.82, 2.24) is 12.3 Å². The van der Waals surface area contributed by atoms with Crippen LogP contribution in [0.5, 0.6) is 0 Å². The fraction of sp³-hybridized carbons (Fsp3) is 0.143. The number of imidazole rings is 1. The van der Waals surface area contributed by atoms with E-state index in [1.54, 1.807) is 17.8 Å². The Morgan fingerprint density at radius 1 is 1.58 bits per heavy atom. The van der Waals surface area contributed by atoms with E-state index in [1.807, 2.05) is 35.0 Å². The van der Waals surface area contributed by atoms with Crippen LogP contribution < -0.4 is 5.69 Å². The Morgan fingerprint density at radius 3 is 3.00 bits per heavy atom. The van der Waals surface area contributed by atoms with E-state index in [4.69, 9.17) is 0 Å². The Morgan fingerprint density at radius 2 is 2.33 bits per heavy atom. The van der Waals surface area contributed by atoms with E-state index in [9.17, 15) is 4.79 Å². The second-order valence-corrected chi connectivity index (χ2v) is 3.43. The topological polar surface area (TPSA) is 39.8 Å². The predicted octanol–water partition coefficient (Wildman–Crippen LogP) is 0.933. The van der Waals surface area contributed by atoms with Crippen LogP contribution in [0, 0.1) is 0 Å². The van der Waals surface area contributed by atoms with Crippen LogP contribution in [-0.4, -0.2) is 12.3 Å². The fourth-order valence-corrected chi connectivity index (χ4v) is 1.82. The molecule has 0 unspecified atom stereocenters. The summed E-state index contributed by atoms with van der Waals surface area (Å²) in [6.45, 7) is 0. The van der Waals surface area contributed by atoms with Crippen LogP contribution in [0.3, 0.4) is 0 Å². The molecule has 0 atom stereocenters. The van der Waals surface area contributed by atoms with Gasteiger partial charge < -0.3 is 0 Å². The zero-order valence-electron chi connectivity index (χ0n) is 6.36. The van der Waals surface area contributed by atoms with E-state index in [-0.39, 0.29) is 5.69 Å². The standard InChI is InChI=1S/C7H6IN3O/c1-10-5-3-2-4-9-6(5)11(8)7(10)12/h2-4H,1H3. The quantitative estimate of drug-likeness (QED) is 0.671. The van der Waals surface area contributed by atoms with Gasteiger partial charge in [-0.25, -0.2) is 12.6 Å². The normalized spacial score (nSPS) is 10.8. The minimum absolute atomic E-state index is 0.0516. The summed E-state index contributed by atoms with van der Waals surface area (Å²) < 4.78 is 3.09. The second kappa shape index (κ2) is 2.58. The third kappa shape index (κ3) is 0.889. The molecule has 0 radical (unpaired) electrons. The minimum atomic E-state index is -0.0516. The maximum atomic E-state index is 11.4. The first-order chi connectivity index (χ1) is 5.72. The maximum absolute atomic E-state index is 11.4. The van der Waals surface area contributed by atoms with Crippen molar-refractivity contribution in [2.24, 2.45) is 7.05 Å². The third-order valence-corrected chi connectivity index (χ3v) is 2.64. The lowest BCUT2D eigenvalue weighted by Crippen LogP contribution is -2.16. The van der Waals surface area contributed by atoms with Crippen LogP contribution >= 0.6 is 22.9 Å². The zero-order chi connectivity index (χ0) is 8.72. The van der Waals surface area contributed by atoms with Crippen molar-refractivity contribution < 1.29 is 0 Å². The average molecular weight is 275 g/mol. The van der Waals surface area contributed by atoms with Gasteiger partial charge in [-0.3, -0.25) is 4.57 Å². The highest BCUT2D eigenvalue weighted by molar-refractivity contribution is 14.1. The van der Waals surface area contributed by atoms with Crippen molar-refractivity contribution in [2.45, 2.75) is 0 Å². The van der Waals surface area contributed by atoms with Crippen LogP contribution in [0.25, 0.3) is 11.2 Å². The van der Waals surface area contributed by atoms with Gasteiger partial charge in [0.05, 0.1) is 28.4 Å². The summed E-state index contributed by atoms with van der Waals surface area (Å²) in [4.78, 5) is 15.5. The molecule has 2 aromatic heterocycles. The van der Waals surface area contributed by atoms with Gasteiger partial charge in [-0.2, -0.15) is 0 Å². The Balaban J connectivity index is 3.09. The number of halogens is 1. The molecule has 4 nitrogen and oxygen atoms in total. The SMILES string of the molecule is Cn1c(=O)n(I)c2ncccc21. The zero-order valence-corrected chi connectivity index (χ0v) is 8.52. The molecule has 0 spiro atoms. The highest BCUT2D eigenvalue weighted by Gasteiger charge is 2.07. The Labute approximate surface area is 82.3 Å². The smallest absolute Gasteiger partial charge is 0.293 e. The van der Waals surface area contributed by atoms with Gasteiger partial charge in [-0.1, -0.05) is 0 Å². The monoisotopic (exact) mass is 275 g/mol. The number of hydrogen-bond donors (Lipinski definition) is 0. The highest BCUT2D eigenvalue weighted by Crippen LogP contribution is 2.09. The van der Waals surface area contributed by atoms with Crippen LogP contribution in [0.1, 0.15) is 0 Å². The van der Waals surface area contributed by atoms with Gasteiger partial charge in [0.15, 0.2) is 5.65 Å². The van der Waals surface area contributed by atoms with Crippen molar-refractivity contribution in [3.05, 3.63) is 28.8 Å². The number of aryl methyl sites for hydroxylation is 1. The summed E-state index contributed by atoms with van der Waals surface area (Å²) in [5, 5.41) is 0. The maximum Gasteiger partial charge on any atom is 0.339 e. The summed E-state index contributed by atoms with van der Waals surface area (Å²) in [7, 11) is 1.74. The molecule has 2 rings (SSSR count). The van der Waals surface area contributed by atoms with Gasteiger partial charge in [-0.15, -0.1) is 0 Å². The highest BCUT2D eigenvalue weighted by atomic mass is 127. The number of hydrogen-bond acceptors (Lipinski definition) is 2. The average Bonchev–Trinajstić information content (AvgIpc) is 2.33. The van der Waals surface area contributed by atoms with E-state index >= 15 is 0 Å². The number of pyridine rings is 1. The lowest BCUT2D eigenvalue weighted by atomic mass is 10.4. The molecule has 0 saturated heterocycles. The molecule has 0 fully saturated rings. The van der Waals surface area contributed by atoms with Gasteiger partial charge in [-0.05, 0) is 12.1 Å². The second-order valence-electron chi connectivity index (χ2n) is 2.47. The van der Waals surface area contributed by atoms with E-state index < -0.39 is 0 Å². The summed E-state index contributed by atoms with van der Waals surface area (Å²) in [6, 6.07) is 3.69. The summed E-state index contributed by atoms with van der Waals surface area (Å²) in [5.74, 6) is 0. The van der Waals surface area contributed by atoms with E-state index in [0.717, 1.165) is 5.52 Å². The molecule has 5 heteroatoms. The summed E-state index contributed by atoms with van der Waals surface area (Å²) in [5.41, 5.74) is 1.52. The molecule has 0 aromatic carbocycles.